The van der Waals surface area contributed by atoms with Crippen molar-refractivity contribution in [1.29, 1.82) is 0 Å². The molecule has 2 heterocycles. The maximum absolute atomic E-state index is 4.57. The van der Waals surface area contributed by atoms with Gasteiger partial charge in [0.15, 0.2) is 0 Å². The Morgan fingerprint density at radius 2 is 2.21 bits per heavy atom. The molecule has 1 aliphatic rings. The number of likely N-dealkylation sites (tertiary alicyclic amines) is 1. The van der Waals surface area contributed by atoms with Crippen LogP contribution in [0.15, 0.2) is 5.38 Å². The van der Waals surface area contributed by atoms with Gasteiger partial charge in [0, 0.05) is 18.3 Å². The van der Waals surface area contributed by atoms with Crippen molar-refractivity contribution < 1.29 is 0 Å². The zero-order chi connectivity index (χ0) is 9.97. The Bertz CT molecular complexity index is 289. The lowest BCUT2D eigenvalue weighted by Gasteiger charge is -2.27. The van der Waals surface area contributed by atoms with Gasteiger partial charge in [-0.1, -0.05) is 0 Å². The van der Waals surface area contributed by atoms with Crippen molar-refractivity contribution in [2.45, 2.75) is 18.8 Å². The molecule has 0 aromatic carbocycles. The van der Waals surface area contributed by atoms with Crippen LogP contribution in [0.3, 0.4) is 0 Å². The molecular formula is C10H17N3S. The van der Waals surface area contributed by atoms with Crippen LogP contribution < -0.4 is 5.32 Å². The third kappa shape index (κ3) is 2.07. The number of nitrogens with zero attached hydrogens (tertiary/aromatic N) is 2. The van der Waals surface area contributed by atoms with E-state index in [1.165, 1.54) is 30.9 Å². The molecule has 0 aliphatic carbocycles. The van der Waals surface area contributed by atoms with Crippen LogP contribution in [-0.4, -0.2) is 37.1 Å². The van der Waals surface area contributed by atoms with E-state index in [0.717, 1.165) is 5.82 Å². The number of aromatic nitrogens is 1. The van der Waals surface area contributed by atoms with Crippen LogP contribution >= 0.6 is 11.3 Å². The molecule has 1 aliphatic heterocycles. The van der Waals surface area contributed by atoms with Gasteiger partial charge in [0.2, 0.25) is 0 Å². The molecule has 1 saturated heterocycles. The monoisotopic (exact) mass is 211 g/mol. The highest BCUT2D eigenvalue weighted by molar-refractivity contribution is 7.10. The van der Waals surface area contributed by atoms with Crippen molar-refractivity contribution in [2.24, 2.45) is 0 Å². The van der Waals surface area contributed by atoms with Crippen LogP contribution in [0.4, 0.5) is 5.82 Å². The first-order valence-electron chi connectivity index (χ1n) is 5.11. The molecule has 1 N–H and O–H groups in total. The van der Waals surface area contributed by atoms with Gasteiger partial charge in [-0.05, 0) is 33.0 Å². The lowest BCUT2D eigenvalue weighted by molar-refractivity contribution is 0.255. The maximum atomic E-state index is 4.57. The van der Waals surface area contributed by atoms with Gasteiger partial charge >= 0.3 is 0 Å². The summed E-state index contributed by atoms with van der Waals surface area (Å²) in [5.74, 6) is 1.71. The van der Waals surface area contributed by atoms with Crippen molar-refractivity contribution in [3.05, 3.63) is 10.4 Å². The minimum absolute atomic E-state index is 0.693. The molecule has 0 atom stereocenters. The van der Waals surface area contributed by atoms with Crippen LogP contribution in [0.2, 0.25) is 0 Å². The Morgan fingerprint density at radius 1 is 1.50 bits per heavy atom. The van der Waals surface area contributed by atoms with Crippen LogP contribution in [0, 0.1) is 0 Å². The number of nitrogens with one attached hydrogen (secondary N) is 1. The van der Waals surface area contributed by atoms with Gasteiger partial charge in [-0.15, -0.1) is 11.3 Å². The lowest BCUT2D eigenvalue weighted by Crippen LogP contribution is -2.29. The maximum Gasteiger partial charge on any atom is 0.137 e. The van der Waals surface area contributed by atoms with Gasteiger partial charge in [0.1, 0.15) is 5.82 Å². The quantitative estimate of drug-likeness (QED) is 0.811. The SMILES string of the molecule is CNc1csc(C2CCN(C)CC2)n1. The molecule has 1 fully saturated rings. The second-order valence-corrected chi connectivity index (χ2v) is 4.79. The standard InChI is InChI=1S/C10H17N3S/c1-11-9-7-14-10(12-9)8-3-5-13(2)6-4-8/h7-8,11H,3-6H2,1-2H3. The first-order valence-corrected chi connectivity index (χ1v) is 5.99. The fourth-order valence-electron chi connectivity index (χ4n) is 1.85. The zero-order valence-electron chi connectivity index (χ0n) is 8.79. The van der Waals surface area contributed by atoms with E-state index in [0.29, 0.717) is 5.92 Å². The first kappa shape index (κ1) is 9.93. The van der Waals surface area contributed by atoms with E-state index in [9.17, 15) is 0 Å². The van der Waals surface area contributed by atoms with E-state index >= 15 is 0 Å². The van der Waals surface area contributed by atoms with Crippen molar-refractivity contribution in [1.82, 2.24) is 9.88 Å². The number of piperidine rings is 1. The molecule has 4 heteroatoms. The summed E-state index contributed by atoms with van der Waals surface area (Å²) in [6.07, 6.45) is 2.51. The van der Waals surface area contributed by atoms with Crippen molar-refractivity contribution in [2.75, 3.05) is 32.5 Å². The molecule has 1 aromatic heterocycles. The highest BCUT2D eigenvalue weighted by atomic mass is 32.1. The molecule has 3 nitrogen and oxygen atoms in total. The van der Waals surface area contributed by atoms with Crippen LogP contribution in [-0.2, 0) is 0 Å². The normalized spacial score (nSPS) is 19.9. The zero-order valence-corrected chi connectivity index (χ0v) is 9.60. The van der Waals surface area contributed by atoms with Crippen LogP contribution in [0.1, 0.15) is 23.8 Å². The van der Waals surface area contributed by atoms with E-state index in [-0.39, 0.29) is 0 Å². The summed E-state index contributed by atoms with van der Waals surface area (Å²) in [5, 5.41) is 6.50. The summed E-state index contributed by atoms with van der Waals surface area (Å²) in [7, 11) is 4.12. The summed E-state index contributed by atoms with van der Waals surface area (Å²) in [5.41, 5.74) is 0. The third-order valence-corrected chi connectivity index (χ3v) is 3.85. The summed E-state index contributed by atoms with van der Waals surface area (Å²) in [4.78, 5) is 6.96. The highest BCUT2D eigenvalue weighted by Gasteiger charge is 2.20. The average Bonchev–Trinajstić information content (AvgIpc) is 2.67. The fraction of sp³-hybridized carbons (Fsp3) is 0.700. The van der Waals surface area contributed by atoms with Gasteiger partial charge in [0.25, 0.3) is 0 Å². The van der Waals surface area contributed by atoms with Gasteiger partial charge in [0.05, 0.1) is 5.01 Å². The molecular weight excluding hydrogens is 194 g/mol. The fourth-order valence-corrected chi connectivity index (χ4v) is 2.83. The molecule has 0 saturated carbocycles. The summed E-state index contributed by atoms with van der Waals surface area (Å²) >= 11 is 1.79. The second-order valence-electron chi connectivity index (χ2n) is 3.90. The molecule has 1 aromatic rings. The van der Waals surface area contributed by atoms with E-state index in [4.69, 9.17) is 0 Å². The topological polar surface area (TPSA) is 28.2 Å². The molecule has 0 amide bonds. The number of hydrogen-bond acceptors (Lipinski definition) is 4. The molecule has 0 spiro atoms. The van der Waals surface area contributed by atoms with Gasteiger partial charge in [-0.2, -0.15) is 0 Å². The Hall–Kier alpha value is -0.610. The van der Waals surface area contributed by atoms with Gasteiger partial charge < -0.3 is 10.2 Å². The second kappa shape index (κ2) is 4.28. The summed E-state index contributed by atoms with van der Waals surface area (Å²) in [6, 6.07) is 0. The number of rotatable bonds is 2. The average molecular weight is 211 g/mol. The van der Waals surface area contributed by atoms with Gasteiger partial charge in [-0.25, -0.2) is 4.98 Å². The van der Waals surface area contributed by atoms with Crippen molar-refractivity contribution >= 4 is 17.2 Å². The van der Waals surface area contributed by atoms with Crippen molar-refractivity contribution in [3.63, 3.8) is 0 Å². The minimum Gasteiger partial charge on any atom is -0.372 e. The van der Waals surface area contributed by atoms with E-state index in [2.05, 4.69) is 27.6 Å². The molecule has 0 bridgehead atoms. The Labute approximate surface area is 89.1 Å². The third-order valence-electron chi connectivity index (χ3n) is 2.85. The predicted octanol–water partition coefficient (Wildman–Crippen LogP) is 1.99. The number of thiazole rings is 1. The molecule has 0 radical (unpaired) electrons. The highest BCUT2D eigenvalue weighted by Crippen LogP contribution is 2.30. The minimum atomic E-state index is 0.693. The number of hydrogen-bond donors (Lipinski definition) is 1. The Morgan fingerprint density at radius 3 is 2.79 bits per heavy atom. The smallest absolute Gasteiger partial charge is 0.137 e. The molecule has 0 unspecified atom stereocenters. The van der Waals surface area contributed by atoms with Crippen molar-refractivity contribution in [3.8, 4) is 0 Å². The van der Waals surface area contributed by atoms with E-state index in [1.807, 2.05) is 7.05 Å². The molecule has 2 rings (SSSR count). The predicted molar refractivity (Wildman–Crippen MR) is 61.1 cm³/mol. The first-order chi connectivity index (χ1) is 6.79. The largest absolute Gasteiger partial charge is 0.372 e. The summed E-state index contributed by atoms with van der Waals surface area (Å²) in [6.45, 7) is 2.41. The Kier molecular flexibility index (Phi) is 3.03. The Balaban J connectivity index is 2.01. The number of anilines is 1. The van der Waals surface area contributed by atoms with E-state index < -0.39 is 0 Å². The van der Waals surface area contributed by atoms with Gasteiger partial charge in [-0.3, -0.25) is 0 Å². The molecule has 78 valence electrons. The van der Waals surface area contributed by atoms with Crippen LogP contribution in [0.25, 0.3) is 0 Å². The van der Waals surface area contributed by atoms with E-state index in [1.54, 1.807) is 11.3 Å². The molecule has 14 heavy (non-hydrogen) atoms. The lowest BCUT2D eigenvalue weighted by atomic mass is 9.98. The summed E-state index contributed by atoms with van der Waals surface area (Å²) < 4.78 is 0. The van der Waals surface area contributed by atoms with Crippen LogP contribution in [0.5, 0.6) is 0 Å².